The van der Waals surface area contributed by atoms with Gasteiger partial charge in [-0.1, -0.05) is 36.8 Å². The third kappa shape index (κ3) is 3.79. The molecule has 1 atom stereocenters. The van der Waals surface area contributed by atoms with Gasteiger partial charge in [-0.15, -0.1) is 5.10 Å². The third-order valence-electron chi connectivity index (χ3n) is 4.44. The van der Waals surface area contributed by atoms with Gasteiger partial charge in [-0.05, 0) is 25.5 Å². The number of carboxylic acids is 1. The predicted octanol–water partition coefficient (Wildman–Crippen LogP) is 2.35. The van der Waals surface area contributed by atoms with E-state index < -0.39 is 17.8 Å². The van der Waals surface area contributed by atoms with Crippen molar-refractivity contribution in [3.8, 4) is 5.69 Å². The van der Waals surface area contributed by atoms with Gasteiger partial charge in [-0.2, -0.15) is 0 Å². The Morgan fingerprint density at radius 3 is 2.78 bits per heavy atom. The summed E-state index contributed by atoms with van der Waals surface area (Å²) in [6.07, 6.45) is 2.94. The molecule has 1 amide bonds. The first-order valence-electron chi connectivity index (χ1n) is 8.80. The van der Waals surface area contributed by atoms with Crippen molar-refractivity contribution in [3.63, 3.8) is 0 Å². The number of carbonyl (C=O) groups is 2. The molecule has 0 fully saturated rings. The van der Waals surface area contributed by atoms with Crippen LogP contribution in [0.15, 0.2) is 36.5 Å². The molecule has 0 spiro atoms. The zero-order chi connectivity index (χ0) is 19.4. The van der Waals surface area contributed by atoms with Crippen molar-refractivity contribution >= 4 is 22.8 Å². The molecule has 8 nitrogen and oxygen atoms in total. The summed E-state index contributed by atoms with van der Waals surface area (Å²) in [6, 6.07) is 9.51. The fourth-order valence-corrected chi connectivity index (χ4v) is 2.99. The number of hydrogen-bond donors (Lipinski definition) is 2. The lowest BCUT2D eigenvalue weighted by Gasteiger charge is -2.11. The molecule has 1 aromatic carbocycles. The Balaban J connectivity index is 1.85. The molecule has 1 unspecified atom stereocenters. The molecule has 0 aliphatic heterocycles. The highest BCUT2D eigenvalue weighted by molar-refractivity contribution is 5.94. The number of aliphatic carboxylic acids is 1. The zero-order valence-electron chi connectivity index (χ0n) is 15.2. The van der Waals surface area contributed by atoms with E-state index in [1.54, 1.807) is 17.8 Å². The smallest absolute Gasteiger partial charge is 0.308 e. The maximum absolute atomic E-state index is 12.5. The Bertz CT molecular complexity index is 977. The summed E-state index contributed by atoms with van der Waals surface area (Å²) >= 11 is 0. The minimum atomic E-state index is -0.917. The van der Waals surface area contributed by atoms with Crippen LogP contribution in [0.5, 0.6) is 0 Å². The second kappa shape index (κ2) is 7.94. The molecule has 0 radical (unpaired) electrons. The fourth-order valence-electron chi connectivity index (χ4n) is 2.99. The number of rotatable bonds is 7. The molecule has 140 valence electrons. The highest BCUT2D eigenvalue weighted by Crippen LogP contribution is 2.21. The number of benzene rings is 1. The Hall–Kier alpha value is -3.29. The van der Waals surface area contributed by atoms with E-state index >= 15 is 0 Å². The molecular weight excluding hydrogens is 346 g/mol. The van der Waals surface area contributed by atoms with E-state index in [9.17, 15) is 14.7 Å². The summed E-state index contributed by atoms with van der Waals surface area (Å²) in [5.41, 5.74) is 2.22. The van der Waals surface area contributed by atoms with Crippen LogP contribution in [-0.4, -0.2) is 43.5 Å². The van der Waals surface area contributed by atoms with Gasteiger partial charge >= 0.3 is 5.97 Å². The monoisotopic (exact) mass is 367 g/mol. The van der Waals surface area contributed by atoms with Crippen molar-refractivity contribution in [2.45, 2.75) is 26.7 Å². The number of pyridine rings is 1. The summed E-state index contributed by atoms with van der Waals surface area (Å²) in [5.74, 6) is -1.97. The van der Waals surface area contributed by atoms with E-state index in [0.29, 0.717) is 12.1 Å². The number of para-hydroxylation sites is 1. The van der Waals surface area contributed by atoms with Gasteiger partial charge in [0.25, 0.3) is 5.91 Å². The summed E-state index contributed by atoms with van der Waals surface area (Å²) < 4.78 is 1.57. The van der Waals surface area contributed by atoms with Crippen LogP contribution >= 0.6 is 0 Å². The molecule has 0 saturated carbocycles. The van der Waals surface area contributed by atoms with E-state index in [-0.39, 0.29) is 12.2 Å². The van der Waals surface area contributed by atoms with Crippen LogP contribution in [0.3, 0.4) is 0 Å². The van der Waals surface area contributed by atoms with E-state index in [4.69, 9.17) is 0 Å². The fraction of sp³-hybridized carbons (Fsp3) is 0.316. The highest BCUT2D eigenvalue weighted by Gasteiger charge is 2.22. The van der Waals surface area contributed by atoms with Crippen LogP contribution in [0.1, 0.15) is 35.9 Å². The van der Waals surface area contributed by atoms with E-state index in [1.807, 2.05) is 37.3 Å². The van der Waals surface area contributed by atoms with E-state index in [0.717, 1.165) is 23.0 Å². The number of aromatic nitrogens is 4. The average Bonchev–Trinajstić information content (AvgIpc) is 3.05. The number of carboxylic acid groups (broad SMARTS) is 1. The summed E-state index contributed by atoms with van der Waals surface area (Å²) in [4.78, 5) is 28.1. The Morgan fingerprint density at radius 2 is 2.04 bits per heavy atom. The highest BCUT2D eigenvalue weighted by atomic mass is 16.4. The number of carbonyl (C=O) groups excluding carboxylic acids is 1. The first-order valence-corrected chi connectivity index (χ1v) is 8.80. The quantitative estimate of drug-likeness (QED) is 0.663. The molecule has 2 heterocycles. The summed E-state index contributed by atoms with van der Waals surface area (Å²) in [6.45, 7) is 3.72. The number of nitrogens with one attached hydrogen (secondary N) is 1. The van der Waals surface area contributed by atoms with Crippen molar-refractivity contribution in [2.75, 3.05) is 6.54 Å². The molecule has 0 aliphatic carbocycles. The molecule has 3 aromatic rings. The molecular formula is C19H21N5O3. The number of hydrogen-bond acceptors (Lipinski definition) is 5. The van der Waals surface area contributed by atoms with Gasteiger partial charge in [0, 0.05) is 18.1 Å². The summed E-state index contributed by atoms with van der Waals surface area (Å²) in [5, 5.41) is 20.9. The largest absolute Gasteiger partial charge is 0.481 e. The molecule has 2 aromatic heterocycles. The second-order valence-electron chi connectivity index (χ2n) is 6.32. The number of amides is 1. The van der Waals surface area contributed by atoms with E-state index in [2.05, 4.69) is 20.6 Å². The van der Waals surface area contributed by atoms with Crippen LogP contribution < -0.4 is 5.32 Å². The first kappa shape index (κ1) is 18.5. The van der Waals surface area contributed by atoms with Crippen LogP contribution in [-0.2, 0) is 4.79 Å². The molecule has 3 rings (SSSR count). The topological polar surface area (TPSA) is 110 Å². The van der Waals surface area contributed by atoms with Crippen molar-refractivity contribution < 1.29 is 14.7 Å². The minimum absolute atomic E-state index is 0.0597. The normalized spacial score (nSPS) is 12.1. The van der Waals surface area contributed by atoms with Gasteiger partial charge < -0.3 is 10.4 Å². The zero-order valence-corrected chi connectivity index (χ0v) is 15.2. The second-order valence-corrected chi connectivity index (χ2v) is 6.32. The minimum Gasteiger partial charge on any atom is -0.481 e. The van der Waals surface area contributed by atoms with Crippen molar-refractivity contribution in [1.29, 1.82) is 0 Å². The summed E-state index contributed by atoms with van der Waals surface area (Å²) in [7, 11) is 0. The van der Waals surface area contributed by atoms with Gasteiger partial charge in [0.15, 0.2) is 5.69 Å². The van der Waals surface area contributed by atoms with E-state index in [1.165, 1.54) is 0 Å². The van der Waals surface area contributed by atoms with Gasteiger partial charge in [0.2, 0.25) is 0 Å². The maximum atomic E-state index is 12.5. The Labute approximate surface area is 156 Å². The van der Waals surface area contributed by atoms with Crippen LogP contribution in [0.25, 0.3) is 16.6 Å². The maximum Gasteiger partial charge on any atom is 0.308 e. The Morgan fingerprint density at radius 1 is 1.26 bits per heavy atom. The average molecular weight is 367 g/mol. The van der Waals surface area contributed by atoms with Gasteiger partial charge in [0.1, 0.15) is 0 Å². The van der Waals surface area contributed by atoms with Crippen molar-refractivity contribution in [2.24, 2.45) is 5.92 Å². The van der Waals surface area contributed by atoms with Gasteiger partial charge in [-0.25, -0.2) is 4.68 Å². The van der Waals surface area contributed by atoms with Gasteiger partial charge in [-0.3, -0.25) is 14.6 Å². The molecule has 0 aliphatic rings. The lowest BCUT2D eigenvalue weighted by Crippen LogP contribution is -2.33. The lowest BCUT2D eigenvalue weighted by atomic mass is 10.0. The molecule has 27 heavy (non-hydrogen) atoms. The SMILES string of the molecule is CCCC(CNC(=O)c1nnn(-c2cccc3cccnc23)c1C)C(=O)O. The van der Waals surface area contributed by atoms with Crippen LogP contribution in [0.4, 0.5) is 0 Å². The molecule has 0 saturated heterocycles. The molecule has 8 heteroatoms. The predicted molar refractivity (Wildman–Crippen MR) is 99.8 cm³/mol. The van der Waals surface area contributed by atoms with Crippen LogP contribution in [0, 0.1) is 12.8 Å². The third-order valence-corrected chi connectivity index (χ3v) is 4.44. The molecule has 2 N–H and O–H groups in total. The van der Waals surface area contributed by atoms with Crippen molar-refractivity contribution in [3.05, 3.63) is 47.9 Å². The number of fused-ring (bicyclic) bond motifs is 1. The standard InChI is InChI=1S/C19H21N5O3/c1-3-6-14(19(26)27)11-21-18(25)16-12(2)24(23-22-16)15-9-4-7-13-8-5-10-20-17(13)15/h4-5,7-10,14H,3,6,11H2,1-2H3,(H,21,25)(H,26,27). The van der Waals surface area contributed by atoms with Gasteiger partial charge in [0.05, 0.1) is 22.8 Å². The molecule has 0 bridgehead atoms. The van der Waals surface area contributed by atoms with Crippen LogP contribution in [0.2, 0.25) is 0 Å². The lowest BCUT2D eigenvalue weighted by molar-refractivity contribution is -0.141. The van der Waals surface area contributed by atoms with Crippen molar-refractivity contribution in [1.82, 2.24) is 25.3 Å². The first-order chi connectivity index (χ1) is 13.0. The number of nitrogens with zero attached hydrogens (tertiary/aromatic N) is 4. The Kier molecular flexibility index (Phi) is 5.44.